The van der Waals surface area contributed by atoms with Crippen LogP contribution < -0.4 is 0 Å². The van der Waals surface area contributed by atoms with Crippen molar-refractivity contribution in [2.45, 2.75) is 36.7 Å². The van der Waals surface area contributed by atoms with Crippen molar-refractivity contribution < 1.29 is 9.50 Å². The molecule has 1 N–H and O–H groups in total. The number of aliphatic hydroxyl groups is 1. The largest absolute Gasteiger partial charge is 0.389 e. The zero-order chi connectivity index (χ0) is 14.0. The zero-order valence-corrected chi connectivity index (χ0v) is 12.1. The third-order valence-electron chi connectivity index (χ3n) is 2.99. The molecule has 0 fully saturated rings. The van der Waals surface area contributed by atoms with Crippen LogP contribution in [0.5, 0.6) is 0 Å². The summed E-state index contributed by atoms with van der Waals surface area (Å²) in [4.78, 5) is 2.03. The monoisotopic (exact) mass is 276 g/mol. The van der Waals surface area contributed by atoms with E-state index in [9.17, 15) is 9.50 Å². The summed E-state index contributed by atoms with van der Waals surface area (Å²) in [5.74, 6) is -0.318. The molecule has 100 valence electrons. The second-order valence-electron chi connectivity index (χ2n) is 4.73. The van der Waals surface area contributed by atoms with Gasteiger partial charge in [0.05, 0.1) is 6.10 Å². The molecule has 0 aromatic heterocycles. The average Bonchev–Trinajstić information content (AvgIpc) is 2.35. The minimum absolute atomic E-state index is 0.318. The molecule has 0 aliphatic rings. The van der Waals surface area contributed by atoms with E-state index in [0.717, 1.165) is 9.79 Å². The van der Waals surface area contributed by atoms with Crippen molar-refractivity contribution in [2.24, 2.45) is 0 Å². The number of aryl methyl sites for hydroxylation is 2. The molecule has 2 aromatic carbocycles. The molecule has 0 aliphatic heterocycles. The molecule has 2 aromatic rings. The first-order chi connectivity index (χ1) is 8.97. The molecule has 0 saturated carbocycles. The first-order valence-electron chi connectivity index (χ1n) is 6.20. The average molecular weight is 276 g/mol. The fourth-order valence-electron chi connectivity index (χ4n) is 1.87. The number of halogens is 1. The van der Waals surface area contributed by atoms with Crippen molar-refractivity contribution >= 4 is 11.8 Å². The highest BCUT2D eigenvalue weighted by Gasteiger charge is 2.11. The van der Waals surface area contributed by atoms with Crippen LogP contribution in [0.3, 0.4) is 0 Å². The van der Waals surface area contributed by atoms with Gasteiger partial charge in [-0.25, -0.2) is 4.39 Å². The van der Waals surface area contributed by atoms with Crippen LogP contribution >= 0.6 is 11.8 Å². The van der Waals surface area contributed by atoms with E-state index < -0.39 is 6.10 Å². The summed E-state index contributed by atoms with van der Waals surface area (Å²) in [5.41, 5.74) is 3.00. The lowest BCUT2D eigenvalue weighted by Crippen LogP contribution is -1.95. The van der Waals surface area contributed by atoms with Crippen LogP contribution in [0.2, 0.25) is 0 Å². The molecular weight excluding hydrogens is 259 g/mol. The molecule has 0 amide bonds. The Morgan fingerprint density at radius 3 is 2.47 bits per heavy atom. The van der Waals surface area contributed by atoms with Gasteiger partial charge in [0.1, 0.15) is 5.82 Å². The highest BCUT2D eigenvalue weighted by molar-refractivity contribution is 7.99. The van der Waals surface area contributed by atoms with E-state index in [4.69, 9.17) is 0 Å². The van der Waals surface area contributed by atoms with Crippen LogP contribution in [0.15, 0.2) is 46.2 Å². The van der Waals surface area contributed by atoms with Gasteiger partial charge >= 0.3 is 0 Å². The molecule has 0 aliphatic carbocycles. The van der Waals surface area contributed by atoms with E-state index in [1.807, 2.05) is 13.8 Å². The minimum Gasteiger partial charge on any atom is -0.389 e. The van der Waals surface area contributed by atoms with Gasteiger partial charge in [-0.15, -0.1) is 0 Å². The highest BCUT2D eigenvalue weighted by Crippen LogP contribution is 2.35. The van der Waals surface area contributed by atoms with Crippen LogP contribution in [-0.4, -0.2) is 5.11 Å². The Hall–Kier alpha value is -1.32. The molecule has 0 bridgehead atoms. The van der Waals surface area contributed by atoms with E-state index in [1.165, 1.54) is 23.3 Å². The maximum atomic E-state index is 13.3. The molecule has 1 unspecified atom stereocenters. The third-order valence-corrected chi connectivity index (χ3v) is 4.24. The molecule has 1 atom stereocenters. The third kappa shape index (κ3) is 3.37. The summed E-state index contributed by atoms with van der Waals surface area (Å²) in [7, 11) is 0. The van der Waals surface area contributed by atoms with Gasteiger partial charge in [0.2, 0.25) is 0 Å². The molecule has 3 heteroatoms. The van der Waals surface area contributed by atoms with Gasteiger partial charge in [-0.1, -0.05) is 23.9 Å². The predicted octanol–water partition coefficient (Wildman–Crippen LogP) is 4.65. The second-order valence-corrected chi connectivity index (χ2v) is 5.81. The van der Waals surface area contributed by atoms with Crippen molar-refractivity contribution in [1.82, 2.24) is 0 Å². The van der Waals surface area contributed by atoms with Crippen LogP contribution in [-0.2, 0) is 0 Å². The molecule has 2 rings (SSSR count). The van der Waals surface area contributed by atoms with Gasteiger partial charge in [0, 0.05) is 9.79 Å². The normalized spacial score (nSPS) is 12.5. The summed E-state index contributed by atoms with van der Waals surface area (Å²) in [6.07, 6.45) is -0.677. The van der Waals surface area contributed by atoms with Gasteiger partial charge < -0.3 is 5.11 Å². The van der Waals surface area contributed by atoms with E-state index in [2.05, 4.69) is 18.2 Å². The predicted molar refractivity (Wildman–Crippen MR) is 77.1 cm³/mol. The fourth-order valence-corrected chi connectivity index (χ4v) is 3.07. The maximum Gasteiger partial charge on any atom is 0.123 e. The summed E-state index contributed by atoms with van der Waals surface area (Å²) in [5, 5.41) is 9.75. The molecule has 1 nitrogen and oxygen atoms in total. The van der Waals surface area contributed by atoms with Crippen LogP contribution in [0.25, 0.3) is 0 Å². The van der Waals surface area contributed by atoms with Gasteiger partial charge in [-0.3, -0.25) is 0 Å². The van der Waals surface area contributed by atoms with Crippen molar-refractivity contribution in [3.05, 3.63) is 58.9 Å². The number of rotatable bonds is 3. The summed E-state index contributed by atoms with van der Waals surface area (Å²) in [6.45, 7) is 5.75. The topological polar surface area (TPSA) is 20.2 Å². The molecule has 0 heterocycles. The van der Waals surface area contributed by atoms with Gasteiger partial charge in [-0.05, 0) is 61.7 Å². The molecule has 19 heavy (non-hydrogen) atoms. The molecule has 0 saturated heterocycles. The first-order valence-corrected chi connectivity index (χ1v) is 7.01. The maximum absolute atomic E-state index is 13.3. The highest BCUT2D eigenvalue weighted by atomic mass is 32.2. The lowest BCUT2D eigenvalue weighted by molar-refractivity contribution is 0.196. The quantitative estimate of drug-likeness (QED) is 0.880. The van der Waals surface area contributed by atoms with E-state index >= 15 is 0 Å². The van der Waals surface area contributed by atoms with E-state index in [1.54, 1.807) is 24.8 Å². The second kappa shape index (κ2) is 5.76. The van der Waals surface area contributed by atoms with Gasteiger partial charge in [-0.2, -0.15) is 0 Å². The van der Waals surface area contributed by atoms with Crippen LogP contribution in [0.1, 0.15) is 29.7 Å². The Kier molecular flexibility index (Phi) is 4.27. The summed E-state index contributed by atoms with van der Waals surface area (Å²) >= 11 is 1.57. The standard InChI is InChI=1S/C16H17FOS/c1-10-4-5-11(2)16(8-10)19-15-7-6-13(17)9-14(15)12(3)18/h4-9,12,18H,1-3H3. The number of hydrogen-bond donors (Lipinski definition) is 1. The van der Waals surface area contributed by atoms with Gasteiger partial charge in [0.25, 0.3) is 0 Å². The Bertz CT molecular complexity index is 593. The van der Waals surface area contributed by atoms with E-state index in [-0.39, 0.29) is 5.82 Å². The van der Waals surface area contributed by atoms with E-state index in [0.29, 0.717) is 5.56 Å². The summed E-state index contributed by atoms with van der Waals surface area (Å²) < 4.78 is 13.3. The SMILES string of the molecule is Cc1ccc(C)c(Sc2ccc(F)cc2C(C)O)c1. The Balaban J connectivity index is 2.40. The smallest absolute Gasteiger partial charge is 0.123 e. The minimum atomic E-state index is -0.677. The van der Waals surface area contributed by atoms with Crippen molar-refractivity contribution in [3.8, 4) is 0 Å². The molecular formula is C16H17FOS. The fraction of sp³-hybridized carbons (Fsp3) is 0.250. The van der Waals surface area contributed by atoms with Gasteiger partial charge in [0.15, 0.2) is 0 Å². The molecule has 0 spiro atoms. The lowest BCUT2D eigenvalue weighted by Gasteiger charge is -2.13. The Labute approximate surface area is 117 Å². The molecule has 0 radical (unpaired) electrons. The van der Waals surface area contributed by atoms with Crippen LogP contribution in [0, 0.1) is 19.7 Å². The zero-order valence-electron chi connectivity index (χ0n) is 11.3. The summed E-state index contributed by atoms with van der Waals surface area (Å²) in [6, 6.07) is 10.8. The Morgan fingerprint density at radius 2 is 1.79 bits per heavy atom. The number of hydrogen-bond acceptors (Lipinski definition) is 2. The van der Waals surface area contributed by atoms with Crippen LogP contribution in [0.4, 0.5) is 4.39 Å². The Morgan fingerprint density at radius 1 is 1.05 bits per heavy atom. The lowest BCUT2D eigenvalue weighted by atomic mass is 10.1. The number of benzene rings is 2. The van der Waals surface area contributed by atoms with Crippen molar-refractivity contribution in [3.63, 3.8) is 0 Å². The number of aliphatic hydroxyl groups excluding tert-OH is 1. The first kappa shape index (κ1) is 14.1. The van der Waals surface area contributed by atoms with Crippen molar-refractivity contribution in [1.29, 1.82) is 0 Å². The van der Waals surface area contributed by atoms with Crippen molar-refractivity contribution in [2.75, 3.05) is 0 Å².